The number of nitrogens with zero attached hydrogens (tertiary/aromatic N) is 2. The monoisotopic (exact) mass is 1520 g/mol. The zero-order chi connectivity index (χ0) is 69.0. The summed E-state index contributed by atoms with van der Waals surface area (Å²) in [5, 5.41) is 0. The quantitative estimate of drug-likeness (QED) is 0.0166. The van der Waals surface area contributed by atoms with Crippen molar-refractivity contribution in [1.82, 2.24) is 0 Å². The molecule has 2 heterocycles. The van der Waals surface area contributed by atoms with Gasteiger partial charge in [-0.15, -0.1) is 31.3 Å². The number of para-hydroxylation sites is 1. The van der Waals surface area contributed by atoms with E-state index >= 15 is 0 Å². The van der Waals surface area contributed by atoms with Crippen LogP contribution >= 0.6 is 0 Å². The topological polar surface area (TPSA) is 332 Å². The van der Waals surface area contributed by atoms with Gasteiger partial charge in [-0.25, -0.2) is 21.4 Å². The number of allylic oxidation sites excluding steroid dienone is 11. The third-order valence-corrected chi connectivity index (χ3v) is 18.1. The second-order valence-electron chi connectivity index (χ2n) is 21.9. The van der Waals surface area contributed by atoms with Crippen molar-refractivity contribution in [2.24, 2.45) is 0 Å². The van der Waals surface area contributed by atoms with Crippen LogP contribution in [0.5, 0.6) is 0 Å². The van der Waals surface area contributed by atoms with E-state index in [-0.39, 0.29) is 152 Å². The van der Waals surface area contributed by atoms with E-state index in [2.05, 4.69) is 132 Å². The Hall–Kier alpha value is -3.68. The molecule has 2 aliphatic rings. The van der Waals surface area contributed by atoms with Gasteiger partial charge in [0, 0.05) is 54.4 Å². The Morgan fingerprint density at radius 1 is 0.474 bits per heavy atom. The van der Waals surface area contributed by atoms with Crippen molar-refractivity contribution < 1.29 is 201 Å². The van der Waals surface area contributed by atoms with E-state index in [1.807, 2.05) is 110 Å². The molecular weight excluding hydrogens is 1440 g/mol. The van der Waals surface area contributed by atoms with Gasteiger partial charge in [0.1, 0.15) is 18.8 Å². The normalized spacial score (nSPS) is 15.7. The summed E-state index contributed by atoms with van der Waals surface area (Å²) in [6.07, 6.45) is 31.4. The summed E-state index contributed by atoms with van der Waals surface area (Å²) in [4.78, 5) is 0. The maximum atomic E-state index is 11.2. The van der Waals surface area contributed by atoms with Crippen LogP contribution in [0.15, 0.2) is 200 Å². The molecule has 7 rings (SSSR count). The minimum absolute atomic E-state index is 0. The van der Waals surface area contributed by atoms with Gasteiger partial charge >= 0.3 is 124 Å². The fraction of sp³-hybridized carbons (Fsp3) is 0.353. The van der Waals surface area contributed by atoms with E-state index in [4.69, 9.17) is 34.4 Å². The van der Waals surface area contributed by atoms with E-state index in [9.17, 15) is 42.8 Å². The molecule has 0 saturated carbocycles. The minimum atomic E-state index is -4.26. The molecule has 2 atom stereocenters. The zero-order valence-electron chi connectivity index (χ0n) is 54.5. The molecular formula is C68H85ClK2N2O18S6. The van der Waals surface area contributed by atoms with Gasteiger partial charge in [0.15, 0.2) is 11.4 Å². The summed E-state index contributed by atoms with van der Waals surface area (Å²) in [6, 6.07) is 47.8. The van der Waals surface area contributed by atoms with Crippen molar-refractivity contribution in [3.8, 4) is 0 Å². The molecule has 5 aromatic rings. The predicted molar refractivity (Wildman–Crippen MR) is 367 cm³/mol. The average molecular weight is 1520 g/mol. The van der Waals surface area contributed by atoms with E-state index in [0.717, 1.165) is 46.8 Å². The molecule has 2 N–H and O–H groups in total. The molecule has 0 saturated heterocycles. The molecule has 2 aliphatic heterocycles. The Balaban J connectivity index is 0. The van der Waals surface area contributed by atoms with Gasteiger partial charge in [-0.05, 0) is 75.0 Å². The Morgan fingerprint density at radius 3 is 1.33 bits per heavy atom. The van der Waals surface area contributed by atoms with Crippen LogP contribution in [0.1, 0.15) is 120 Å². The standard InChI is InChI=1S/C30H37NO6S2.C19H18.C18H27NO6S2.CH4.ClH.2K.2O3S/c1-30(22-12-14-24-38(32,33)34)27-19-10-11-20-28(27)31(23-13-15-25-39(35,36)37)29(30)21-9-4-2-3-6-16-26-17-7-5-8-18-26;1(2-6-12-18-14-8-4-9-15-18)3-7-13-19-16-10-5-11-17-19;1-15-18(2,11-5-7-13-26(20,21)22)16-9-3-4-10-17(16)19(15)12-6-8-14-27(23,24)25;;;;;2*1-4(2)3/h2-11,17-21H,12-16,22-25H2,1H3,(H-,32,33,34,35,36,37);1-12,14-17H,13H2;4,9-10H,5-8,11-14H2,1-2H3,(H,20,21,22)(H,23,24,25);1H4;1H;;;;/q;;;;;2*+1;;/p-2/b4-2+,6-3+,21-9+;2-1+,7-3+,12-6+;;;;;;;. The molecule has 0 aromatic heterocycles. The first-order chi connectivity index (χ1) is 43.8. The van der Waals surface area contributed by atoms with E-state index in [1.54, 1.807) is 0 Å². The number of rotatable bonds is 30. The van der Waals surface area contributed by atoms with Gasteiger partial charge in [0.2, 0.25) is 5.69 Å². The molecule has 0 bridgehead atoms. The maximum Gasteiger partial charge on any atom is 1.00 e. The molecule has 2 unspecified atom stereocenters. The number of hydrogen-bond donors (Lipinski definition) is 2. The Kier molecular flexibility index (Phi) is 49.0. The van der Waals surface area contributed by atoms with Crippen LogP contribution < -0.4 is 115 Å². The van der Waals surface area contributed by atoms with Crippen molar-refractivity contribution in [2.75, 3.05) is 36.1 Å². The Bertz CT molecular complexity index is 4140. The van der Waals surface area contributed by atoms with Crippen molar-refractivity contribution in [2.45, 2.75) is 116 Å². The van der Waals surface area contributed by atoms with Crippen LogP contribution in [0, 0.1) is 6.07 Å². The molecule has 97 heavy (non-hydrogen) atoms. The van der Waals surface area contributed by atoms with Crippen LogP contribution in [-0.4, -0.2) is 134 Å². The van der Waals surface area contributed by atoms with Gasteiger partial charge in [-0.3, -0.25) is 9.11 Å². The average Bonchev–Trinajstić information content (AvgIpc) is 1.61. The van der Waals surface area contributed by atoms with Crippen LogP contribution in [-0.2, 0) is 85.4 Å². The third kappa shape index (κ3) is 40.5. The first-order valence-corrected chi connectivity index (χ1v) is 38.0. The maximum absolute atomic E-state index is 11.2. The molecule has 0 fully saturated rings. The van der Waals surface area contributed by atoms with Crippen LogP contribution in [0.25, 0.3) is 6.08 Å². The van der Waals surface area contributed by atoms with Crippen LogP contribution in [0.4, 0.5) is 11.4 Å². The molecule has 0 radical (unpaired) electrons. The number of benzene rings is 5. The summed E-state index contributed by atoms with van der Waals surface area (Å²) < 4.78 is 183. The fourth-order valence-corrected chi connectivity index (χ4v) is 12.7. The summed E-state index contributed by atoms with van der Waals surface area (Å²) in [5.74, 6) is -1.27. The number of halogens is 1. The minimum Gasteiger partial charge on any atom is -1.00 e. The van der Waals surface area contributed by atoms with E-state index in [0.29, 0.717) is 70.9 Å². The fourth-order valence-electron chi connectivity index (χ4n) is 10.4. The van der Waals surface area contributed by atoms with Gasteiger partial charge in [0.25, 0.3) is 20.2 Å². The smallest absolute Gasteiger partial charge is 1.00 e. The summed E-state index contributed by atoms with van der Waals surface area (Å²) in [6.45, 7) is 7.42. The molecule has 5 aromatic carbocycles. The molecule has 520 valence electrons. The third-order valence-electron chi connectivity index (χ3n) is 15.0. The number of fused-ring (bicyclic) bond motifs is 2. The van der Waals surface area contributed by atoms with Crippen molar-refractivity contribution >= 4 is 90.6 Å². The van der Waals surface area contributed by atoms with E-state index in [1.165, 1.54) is 16.7 Å². The van der Waals surface area contributed by atoms with Gasteiger partial charge in [0.05, 0.1) is 37.2 Å². The molecule has 0 aliphatic carbocycles. The first kappa shape index (κ1) is 95.4. The molecule has 0 amide bonds. The van der Waals surface area contributed by atoms with Crippen molar-refractivity contribution in [1.29, 1.82) is 0 Å². The second-order valence-corrected chi connectivity index (χ2v) is 28.9. The van der Waals surface area contributed by atoms with Crippen LogP contribution in [0.3, 0.4) is 0 Å². The molecule has 20 nitrogen and oxygen atoms in total. The SMILES string of the molecule is C.C(=C\C=C\c1ccccc1)/C=C/Cc1ccccc1.CC1(CCCCS(=O)(=O)O)C(/C=C/C=C/C=C/Cc2ccccc2)=[N+](CCCCS(=O)(=O)[O-])c2ccccc21.CC1=[N+](CCCCS(=O)(=O)O)c2cc[c-]cc2C1(C)CCCCS(=O)(=O)[O-].O=S(=O)=O.O=S(=O)=O.[Cl-].[K+].[K+]. The van der Waals surface area contributed by atoms with Gasteiger partial charge < -0.3 is 21.5 Å². The summed E-state index contributed by atoms with van der Waals surface area (Å²) in [7, 11) is -22.6. The zero-order valence-corrected chi connectivity index (χ0v) is 66.4. The summed E-state index contributed by atoms with van der Waals surface area (Å²) >= 11 is 0. The van der Waals surface area contributed by atoms with Gasteiger partial charge in [-0.2, -0.15) is 39.6 Å². The van der Waals surface area contributed by atoms with Crippen LogP contribution in [0.2, 0.25) is 0 Å². The van der Waals surface area contributed by atoms with Gasteiger partial charge in [-0.1, -0.05) is 209 Å². The Labute approximate surface area is 669 Å². The Morgan fingerprint density at radius 2 is 0.856 bits per heavy atom. The largest absolute Gasteiger partial charge is 1.00 e. The summed E-state index contributed by atoms with van der Waals surface area (Å²) in [5.41, 5.74) is 9.50. The number of unbranched alkanes of at least 4 members (excludes halogenated alkanes) is 4. The molecule has 0 spiro atoms. The number of hydrogen-bond acceptors (Lipinski definition) is 16. The first-order valence-electron chi connectivity index (χ1n) is 29.7. The van der Waals surface area contributed by atoms with Crippen molar-refractivity contribution in [3.63, 3.8) is 0 Å². The molecule has 29 heteroatoms. The van der Waals surface area contributed by atoms with Crippen molar-refractivity contribution in [3.05, 3.63) is 234 Å². The second kappa shape index (κ2) is 49.8. The predicted octanol–water partition coefficient (Wildman–Crippen LogP) is 2.28. The van der Waals surface area contributed by atoms with E-state index < -0.39 is 72.9 Å².